The lowest BCUT2D eigenvalue weighted by molar-refractivity contribution is 0.0953. The summed E-state index contributed by atoms with van der Waals surface area (Å²) < 4.78 is 13.1. The number of rotatable bonds is 4. The summed E-state index contributed by atoms with van der Waals surface area (Å²) in [7, 11) is 0. The summed E-state index contributed by atoms with van der Waals surface area (Å²) in [6.45, 7) is 0. The third-order valence-electron chi connectivity index (χ3n) is 2.68. The van der Waals surface area contributed by atoms with Crippen molar-refractivity contribution in [2.75, 3.05) is 0 Å². The van der Waals surface area contributed by atoms with Crippen molar-refractivity contribution >= 4 is 29.3 Å². The Bertz CT molecular complexity index is 636. The Morgan fingerprint density at radius 2 is 2.05 bits per heavy atom. The van der Waals surface area contributed by atoms with Gasteiger partial charge in [-0.3, -0.25) is 10.2 Å². The van der Waals surface area contributed by atoms with E-state index in [-0.39, 0.29) is 10.9 Å². The van der Waals surface area contributed by atoms with Gasteiger partial charge in [0, 0.05) is 16.2 Å². The summed E-state index contributed by atoms with van der Waals surface area (Å²) in [6.07, 6.45) is 0. The summed E-state index contributed by atoms with van der Waals surface area (Å²) in [5.74, 6) is 4.93. The second-order valence-electron chi connectivity index (χ2n) is 4.00. The highest BCUT2D eigenvalue weighted by atomic mass is 35.5. The Kier molecular flexibility index (Phi) is 5.00. The zero-order valence-corrected chi connectivity index (χ0v) is 12.0. The average Bonchev–Trinajstić information content (AvgIpc) is 2.48. The molecule has 0 atom stereocenters. The quantitative estimate of drug-likeness (QED) is 0.394. The number of thioether (sulfide) groups is 1. The summed E-state index contributed by atoms with van der Waals surface area (Å²) in [5.41, 5.74) is 3.49. The van der Waals surface area contributed by atoms with Crippen LogP contribution in [0.25, 0.3) is 0 Å². The first kappa shape index (κ1) is 14.8. The van der Waals surface area contributed by atoms with Crippen molar-refractivity contribution in [1.82, 2.24) is 5.43 Å². The first-order valence-electron chi connectivity index (χ1n) is 5.78. The van der Waals surface area contributed by atoms with E-state index >= 15 is 0 Å². The minimum atomic E-state index is -0.445. The van der Waals surface area contributed by atoms with E-state index in [1.165, 1.54) is 17.8 Å². The van der Waals surface area contributed by atoms with Crippen LogP contribution < -0.4 is 11.3 Å². The number of benzene rings is 2. The fourth-order valence-corrected chi connectivity index (χ4v) is 2.86. The van der Waals surface area contributed by atoms with Gasteiger partial charge in [-0.25, -0.2) is 10.2 Å². The van der Waals surface area contributed by atoms with Gasteiger partial charge >= 0.3 is 0 Å². The van der Waals surface area contributed by atoms with Crippen LogP contribution in [0.1, 0.15) is 15.9 Å². The third-order valence-corrected chi connectivity index (χ3v) is 4.01. The average molecular weight is 311 g/mol. The van der Waals surface area contributed by atoms with Gasteiger partial charge < -0.3 is 0 Å². The van der Waals surface area contributed by atoms with Gasteiger partial charge in [0.1, 0.15) is 5.82 Å². The van der Waals surface area contributed by atoms with E-state index in [2.05, 4.69) is 5.43 Å². The normalized spacial score (nSPS) is 10.3. The summed E-state index contributed by atoms with van der Waals surface area (Å²) >= 11 is 7.20. The predicted octanol–water partition coefficient (Wildman–Crippen LogP) is 3.37. The van der Waals surface area contributed by atoms with Gasteiger partial charge in [-0.15, -0.1) is 11.8 Å². The lowest BCUT2D eigenvalue weighted by atomic mass is 10.1. The lowest BCUT2D eigenvalue weighted by Crippen LogP contribution is -2.30. The first-order valence-corrected chi connectivity index (χ1v) is 7.15. The summed E-state index contributed by atoms with van der Waals surface area (Å²) in [5, 5.41) is 0.0861. The molecule has 0 radical (unpaired) electrons. The number of halogens is 2. The van der Waals surface area contributed by atoms with E-state index in [1.54, 1.807) is 24.3 Å². The number of hydrazine groups is 1. The number of carbonyl (C=O) groups is 1. The van der Waals surface area contributed by atoms with Gasteiger partial charge in [-0.2, -0.15) is 0 Å². The molecule has 0 aliphatic carbocycles. The fourth-order valence-electron chi connectivity index (χ4n) is 1.67. The van der Waals surface area contributed by atoms with Crippen LogP contribution in [-0.4, -0.2) is 5.91 Å². The standard InChI is InChI=1S/C14H12ClFN2OS/c15-12-7-10(5-6-13(12)16)20-8-9-3-1-2-4-11(9)14(19)18-17/h1-7H,8,17H2,(H,18,19). The first-order chi connectivity index (χ1) is 9.61. The molecule has 3 nitrogen and oxygen atoms in total. The van der Waals surface area contributed by atoms with E-state index in [0.717, 1.165) is 10.5 Å². The number of nitrogen functional groups attached to an aromatic ring is 1. The Hall–Kier alpha value is -1.56. The number of amides is 1. The van der Waals surface area contributed by atoms with Crippen molar-refractivity contribution < 1.29 is 9.18 Å². The molecule has 2 aromatic carbocycles. The molecule has 0 bridgehead atoms. The van der Waals surface area contributed by atoms with Gasteiger partial charge in [0.25, 0.3) is 5.91 Å². The molecule has 6 heteroatoms. The molecule has 0 saturated carbocycles. The smallest absolute Gasteiger partial charge is 0.265 e. The van der Waals surface area contributed by atoms with E-state index < -0.39 is 5.82 Å². The summed E-state index contributed by atoms with van der Waals surface area (Å²) in [4.78, 5) is 12.5. The topological polar surface area (TPSA) is 55.1 Å². The monoisotopic (exact) mass is 310 g/mol. The van der Waals surface area contributed by atoms with Crippen LogP contribution in [0.5, 0.6) is 0 Å². The van der Waals surface area contributed by atoms with E-state index in [9.17, 15) is 9.18 Å². The molecule has 0 saturated heterocycles. The highest BCUT2D eigenvalue weighted by Crippen LogP contribution is 2.27. The molecule has 1 amide bonds. The van der Waals surface area contributed by atoms with Gasteiger partial charge in [-0.05, 0) is 29.8 Å². The van der Waals surface area contributed by atoms with Crippen LogP contribution >= 0.6 is 23.4 Å². The Morgan fingerprint density at radius 1 is 1.30 bits per heavy atom. The lowest BCUT2D eigenvalue weighted by Gasteiger charge is -2.08. The molecule has 0 aromatic heterocycles. The maximum atomic E-state index is 13.1. The second-order valence-corrected chi connectivity index (χ2v) is 5.45. The number of hydrogen-bond donors (Lipinski definition) is 2. The van der Waals surface area contributed by atoms with Gasteiger partial charge in [0.15, 0.2) is 0 Å². The van der Waals surface area contributed by atoms with Gasteiger partial charge in [0.2, 0.25) is 0 Å². The van der Waals surface area contributed by atoms with E-state index in [1.807, 2.05) is 12.1 Å². The van der Waals surface area contributed by atoms with Crippen LogP contribution in [0.15, 0.2) is 47.4 Å². The number of nitrogens with one attached hydrogen (secondary N) is 1. The fraction of sp³-hybridized carbons (Fsp3) is 0.0714. The largest absolute Gasteiger partial charge is 0.290 e. The molecule has 0 heterocycles. The van der Waals surface area contributed by atoms with Crippen molar-refractivity contribution in [2.45, 2.75) is 10.6 Å². The maximum Gasteiger partial charge on any atom is 0.265 e. The number of carbonyl (C=O) groups excluding carboxylic acids is 1. The number of hydrogen-bond acceptors (Lipinski definition) is 3. The molecule has 0 aliphatic heterocycles. The van der Waals surface area contributed by atoms with Crippen molar-refractivity contribution in [2.24, 2.45) is 5.84 Å². The molecule has 0 fully saturated rings. The van der Waals surface area contributed by atoms with Crippen LogP contribution in [0.2, 0.25) is 5.02 Å². The summed E-state index contributed by atoms with van der Waals surface area (Å²) in [6, 6.07) is 11.7. The van der Waals surface area contributed by atoms with Crippen molar-refractivity contribution in [3.8, 4) is 0 Å². The van der Waals surface area contributed by atoms with Crippen LogP contribution in [0, 0.1) is 5.82 Å². The predicted molar refractivity (Wildman–Crippen MR) is 79.1 cm³/mol. The minimum absolute atomic E-state index is 0.0861. The third kappa shape index (κ3) is 3.50. The van der Waals surface area contributed by atoms with Gasteiger partial charge in [0.05, 0.1) is 5.02 Å². The van der Waals surface area contributed by atoms with E-state index in [0.29, 0.717) is 11.3 Å². The molecule has 0 spiro atoms. The molecule has 20 heavy (non-hydrogen) atoms. The highest BCUT2D eigenvalue weighted by molar-refractivity contribution is 7.98. The van der Waals surface area contributed by atoms with Crippen LogP contribution in [-0.2, 0) is 5.75 Å². The molecular formula is C14H12ClFN2OS. The maximum absolute atomic E-state index is 13.1. The Morgan fingerprint density at radius 3 is 2.75 bits per heavy atom. The molecule has 0 unspecified atom stereocenters. The minimum Gasteiger partial charge on any atom is -0.290 e. The zero-order chi connectivity index (χ0) is 14.5. The Labute approximate surface area is 125 Å². The zero-order valence-electron chi connectivity index (χ0n) is 10.4. The molecule has 3 N–H and O–H groups in total. The van der Waals surface area contributed by atoms with E-state index in [4.69, 9.17) is 17.4 Å². The van der Waals surface area contributed by atoms with Crippen molar-refractivity contribution in [1.29, 1.82) is 0 Å². The SMILES string of the molecule is NNC(=O)c1ccccc1CSc1ccc(F)c(Cl)c1. The van der Waals surface area contributed by atoms with Crippen LogP contribution in [0.4, 0.5) is 4.39 Å². The molecule has 2 rings (SSSR count). The Balaban J connectivity index is 2.14. The molecule has 2 aromatic rings. The molecule has 0 aliphatic rings. The van der Waals surface area contributed by atoms with Crippen molar-refractivity contribution in [3.05, 3.63) is 64.4 Å². The molecular weight excluding hydrogens is 299 g/mol. The van der Waals surface area contributed by atoms with Crippen LogP contribution in [0.3, 0.4) is 0 Å². The molecule has 104 valence electrons. The second kappa shape index (κ2) is 6.74. The van der Waals surface area contributed by atoms with Crippen molar-refractivity contribution in [3.63, 3.8) is 0 Å². The van der Waals surface area contributed by atoms with Gasteiger partial charge in [-0.1, -0.05) is 29.8 Å². The number of nitrogens with two attached hydrogens (primary N) is 1. The highest BCUT2D eigenvalue weighted by Gasteiger charge is 2.10.